The molecule has 6 heteroatoms. The van der Waals surface area contributed by atoms with Gasteiger partial charge >= 0.3 is 0 Å². The quantitative estimate of drug-likeness (QED) is 0.742. The number of aromatic amines is 1. The summed E-state index contributed by atoms with van der Waals surface area (Å²) in [7, 11) is 0. The van der Waals surface area contributed by atoms with E-state index in [-0.39, 0.29) is 11.1 Å². The lowest BCUT2D eigenvalue weighted by molar-refractivity contribution is 0.102. The van der Waals surface area contributed by atoms with Crippen LogP contribution >= 0.6 is 23.2 Å². The zero-order valence-corrected chi connectivity index (χ0v) is 12.7. The number of anilines is 1. The van der Waals surface area contributed by atoms with Crippen LogP contribution in [-0.2, 0) is 0 Å². The van der Waals surface area contributed by atoms with Gasteiger partial charge in [0.1, 0.15) is 0 Å². The van der Waals surface area contributed by atoms with Gasteiger partial charge < -0.3 is 10.3 Å². The molecule has 0 fully saturated rings. The van der Waals surface area contributed by atoms with E-state index < -0.39 is 5.91 Å². The fraction of sp³-hybridized carbons (Fsp3) is 0. The van der Waals surface area contributed by atoms with Crippen LogP contribution in [0.25, 0.3) is 10.9 Å². The Kier molecular flexibility index (Phi) is 3.88. The molecular weight excluding hydrogens is 323 g/mol. The maximum Gasteiger partial charge on any atom is 0.256 e. The van der Waals surface area contributed by atoms with Gasteiger partial charge in [0, 0.05) is 22.0 Å². The highest BCUT2D eigenvalue weighted by atomic mass is 35.5. The summed E-state index contributed by atoms with van der Waals surface area (Å²) in [6.07, 6.45) is 0. The number of rotatable bonds is 2. The van der Waals surface area contributed by atoms with Crippen LogP contribution in [0.15, 0.2) is 53.3 Å². The van der Waals surface area contributed by atoms with Gasteiger partial charge in [-0.3, -0.25) is 9.59 Å². The second-order valence-corrected chi connectivity index (χ2v) is 5.51. The highest BCUT2D eigenvalue weighted by molar-refractivity contribution is 6.36. The minimum Gasteiger partial charge on any atom is -0.322 e. The molecule has 1 aromatic heterocycles. The first-order valence-corrected chi connectivity index (χ1v) is 7.18. The summed E-state index contributed by atoms with van der Waals surface area (Å²) in [4.78, 5) is 26.9. The molecule has 1 amide bonds. The van der Waals surface area contributed by atoms with Crippen LogP contribution < -0.4 is 10.9 Å². The third kappa shape index (κ3) is 2.84. The summed E-state index contributed by atoms with van der Waals surface area (Å²) >= 11 is 11.9. The lowest BCUT2D eigenvalue weighted by atomic mass is 10.1. The molecule has 1 heterocycles. The molecule has 0 radical (unpaired) electrons. The van der Waals surface area contributed by atoms with Crippen LogP contribution in [0, 0.1) is 0 Å². The number of H-pyrrole nitrogens is 1. The number of fused-ring (bicyclic) bond motifs is 1. The zero-order valence-electron chi connectivity index (χ0n) is 11.2. The van der Waals surface area contributed by atoms with Crippen molar-refractivity contribution in [1.82, 2.24) is 4.98 Å². The SMILES string of the molecule is O=C(Nc1cc(Cl)ccc1Cl)c1cc(=O)[nH]c2ccccc12. The first kappa shape index (κ1) is 14.6. The highest BCUT2D eigenvalue weighted by Gasteiger charge is 2.13. The molecule has 0 aliphatic heterocycles. The Labute approximate surface area is 135 Å². The van der Waals surface area contributed by atoms with E-state index in [2.05, 4.69) is 10.3 Å². The molecule has 2 aromatic carbocycles. The molecule has 2 N–H and O–H groups in total. The second-order valence-electron chi connectivity index (χ2n) is 4.67. The Morgan fingerprint density at radius 2 is 1.82 bits per heavy atom. The van der Waals surface area contributed by atoms with Crippen LogP contribution in [-0.4, -0.2) is 10.9 Å². The highest BCUT2D eigenvalue weighted by Crippen LogP contribution is 2.26. The van der Waals surface area contributed by atoms with Gasteiger partial charge in [0.05, 0.1) is 16.3 Å². The van der Waals surface area contributed by atoms with Gasteiger partial charge in [-0.2, -0.15) is 0 Å². The molecule has 0 spiro atoms. The first-order chi connectivity index (χ1) is 10.5. The van der Waals surface area contributed by atoms with E-state index in [0.29, 0.717) is 26.6 Å². The molecule has 22 heavy (non-hydrogen) atoms. The first-order valence-electron chi connectivity index (χ1n) is 6.43. The number of hydrogen-bond acceptors (Lipinski definition) is 2. The van der Waals surface area contributed by atoms with Crippen molar-refractivity contribution in [3.05, 3.63) is 74.5 Å². The average molecular weight is 333 g/mol. The van der Waals surface area contributed by atoms with Gasteiger partial charge in [0.15, 0.2) is 0 Å². The van der Waals surface area contributed by atoms with Crippen LogP contribution in [0.3, 0.4) is 0 Å². The standard InChI is InChI=1S/C16H10Cl2N2O2/c17-9-5-6-12(18)14(7-9)20-16(22)11-8-15(21)19-13-4-2-1-3-10(11)13/h1-8H,(H,19,21)(H,20,22). The predicted octanol–water partition coefficient (Wildman–Crippen LogP) is 4.09. The van der Waals surface area contributed by atoms with Gasteiger partial charge in [-0.05, 0) is 24.3 Å². The number of benzene rings is 2. The van der Waals surface area contributed by atoms with Crippen LogP contribution in [0.5, 0.6) is 0 Å². The van der Waals surface area contributed by atoms with Crippen molar-refractivity contribution in [3.8, 4) is 0 Å². The number of carbonyl (C=O) groups is 1. The molecule has 3 rings (SSSR count). The Hall–Kier alpha value is -2.30. The van der Waals surface area contributed by atoms with Crippen molar-refractivity contribution in [2.45, 2.75) is 0 Å². The monoisotopic (exact) mass is 332 g/mol. The predicted molar refractivity (Wildman–Crippen MR) is 89.0 cm³/mol. The van der Waals surface area contributed by atoms with E-state index in [1.807, 2.05) is 0 Å². The van der Waals surface area contributed by atoms with Crippen molar-refractivity contribution in [2.75, 3.05) is 5.32 Å². The molecule has 0 atom stereocenters. The molecule has 0 saturated heterocycles. The van der Waals surface area contributed by atoms with Crippen molar-refractivity contribution in [3.63, 3.8) is 0 Å². The van der Waals surface area contributed by atoms with E-state index in [1.54, 1.807) is 42.5 Å². The minimum atomic E-state index is -0.425. The number of pyridine rings is 1. The Morgan fingerprint density at radius 1 is 1.05 bits per heavy atom. The molecule has 0 aliphatic carbocycles. The number of para-hydroxylation sites is 1. The summed E-state index contributed by atoms with van der Waals surface area (Å²) in [5.41, 5.74) is 0.914. The Bertz CT molecular complexity index is 935. The van der Waals surface area contributed by atoms with Crippen LogP contribution in [0.4, 0.5) is 5.69 Å². The third-order valence-corrected chi connectivity index (χ3v) is 3.74. The summed E-state index contributed by atoms with van der Waals surface area (Å²) in [5.74, 6) is -0.425. The molecule has 0 bridgehead atoms. The van der Waals surface area contributed by atoms with Gasteiger partial charge in [-0.15, -0.1) is 0 Å². The maximum atomic E-state index is 12.5. The van der Waals surface area contributed by atoms with E-state index >= 15 is 0 Å². The molecule has 0 aliphatic rings. The fourth-order valence-electron chi connectivity index (χ4n) is 2.18. The zero-order chi connectivity index (χ0) is 15.7. The summed E-state index contributed by atoms with van der Waals surface area (Å²) < 4.78 is 0. The summed E-state index contributed by atoms with van der Waals surface area (Å²) in [6.45, 7) is 0. The van der Waals surface area contributed by atoms with Crippen molar-refractivity contribution in [1.29, 1.82) is 0 Å². The molecule has 110 valence electrons. The van der Waals surface area contributed by atoms with E-state index in [4.69, 9.17) is 23.2 Å². The number of hydrogen-bond donors (Lipinski definition) is 2. The van der Waals surface area contributed by atoms with Gasteiger partial charge in [-0.1, -0.05) is 41.4 Å². The molecular formula is C16H10Cl2N2O2. The largest absolute Gasteiger partial charge is 0.322 e. The van der Waals surface area contributed by atoms with E-state index in [1.165, 1.54) is 6.07 Å². The van der Waals surface area contributed by atoms with E-state index in [9.17, 15) is 9.59 Å². The van der Waals surface area contributed by atoms with Crippen LogP contribution in [0.1, 0.15) is 10.4 Å². The van der Waals surface area contributed by atoms with Crippen molar-refractivity contribution in [2.24, 2.45) is 0 Å². The topological polar surface area (TPSA) is 62.0 Å². The summed E-state index contributed by atoms with van der Waals surface area (Å²) in [6, 6.07) is 13.1. The number of aromatic nitrogens is 1. The second kappa shape index (κ2) is 5.83. The lowest BCUT2D eigenvalue weighted by Gasteiger charge is -2.09. The number of nitrogens with one attached hydrogen (secondary N) is 2. The molecule has 0 unspecified atom stereocenters. The normalized spacial score (nSPS) is 10.6. The van der Waals surface area contributed by atoms with Crippen molar-refractivity contribution >= 4 is 45.7 Å². The minimum absolute atomic E-state index is 0.274. The fourth-order valence-corrected chi connectivity index (χ4v) is 2.51. The maximum absolute atomic E-state index is 12.5. The molecule has 3 aromatic rings. The van der Waals surface area contributed by atoms with Gasteiger partial charge in [0.25, 0.3) is 5.91 Å². The smallest absolute Gasteiger partial charge is 0.256 e. The number of carbonyl (C=O) groups excluding carboxylic acids is 1. The van der Waals surface area contributed by atoms with Crippen molar-refractivity contribution < 1.29 is 4.79 Å². The Balaban J connectivity index is 2.06. The average Bonchev–Trinajstić information content (AvgIpc) is 2.50. The number of halogens is 2. The molecule has 0 saturated carbocycles. The number of amides is 1. The molecule has 4 nitrogen and oxygen atoms in total. The van der Waals surface area contributed by atoms with Crippen LogP contribution in [0.2, 0.25) is 10.0 Å². The lowest BCUT2D eigenvalue weighted by Crippen LogP contribution is -2.17. The van der Waals surface area contributed by atoms with Gasteiger partial charge in [0.2, 0.25) is 5.56 Å². The summed E-state index contributed by atoms with van der Waals surface area (Å²) in [5, 5.41) is 4.15. The van der Waals surface area contributed by atoms with Gasteiger partial charge in [-0.25, -0.2) is 0 Å². The van der Waals surface area contributed by atoms with E-state index in [0.717, 1.165) is 0 Å². The Morgan fingerprint density at radius 3 is 2.64 bits per heavy atom. The third-order valence-electron chi connectivity index (χ3n) is 3.17.